The zero-order valence-electron chi connectivity index (χ0n) is 70.4. The van der Waals surface area contributed by atoms with Crippen LogP contribution in [0.3, 0.4) is 0 Å². The molecule has 20 aromatic rings. The number of benzene rings is 9. The SMILES string of the molecule is COc1cccc2c(Nc3n[nH]c(C)n3)nc(-c3ccccc3C(F)(F)F)nc12.Cc1ccc2c(Nc3n[nH]c(C)n3)nc(-c3ccccc3C(F)(F)F)nc2c1.Cc1nc(Nc2nc(-c3ccc(Cl)cc3Cl)nc3ccccc23)n[nH]1.Cc1nc(Nc2nc(-c3ccccc3C(F)(F)F)nc3cc(Cl)ccc23)n[nH]1.Cc1nc(Nc2nc(-c3cnccc3Cl)nc3ccccc23)n[nH]1. The molecule has 9 aromatic carbocycles. The second-order valence-corrected chi connectivity index (χ2v) is 30.7. The number of pyridine rings is 1. The number of aromatic nitrogens is 26. The van der Waals surface area contributed by atoms with Gasteiger partial charge in [0.2, 0.25) is 29.7 Å². The van der Waals surface area contributed by atoms with Crippen molar-refractivity contribution in [2.24, 2.45) is 0 Å². The molecular weight excluding hydrogens is 1830 g/mol. The summed E-state index contributed by atoms with van der Waals surface area (Å²) in [5.74, 6) is 8.06. The Morgan fingerprint density at radius 1 is 0.291 bits per heavy atom. The monoisotopic (exact) mass is 1900 g/mol. The summed E-state index contributed by atoms with van der Waals surface area (Å²) in [6.45, 7) is 10.7. The van der Waals surface area contributed by atoms with Crippen LogP contribution in [0, 0.1) is 41.5 Å². The Bertz CT molecular complexity index is 7540. The number of para-hydroxylation sites is 3. The highest BCUT2D eigenvalue weighted by Gasteiger charge is 2.37. The van der Waals surface area contributed by atoms with Gasteiger partial charge < -0.3 is 31.3 Å². The van der Waals surface area contributed by atoms with E-state index in [1.165, 1.54) is 61.7 Å². The van der Waals surface area contributed by atoms with Gasteiger partial charge in [0.1, 0.15) is 69.5 Å². The molecule has 0 saturated heterocycles. The number of hydrogen-bond donors (Lipinski definition) is 10. The summed E-state index contributed by atoms with van der Waals surface area (Å²) in [6, 6.07) is 53.4. The molecule has 674 valence electrons. The van der Waals surface area contributed by atoms with Gasteiger partial charge in [0, 0.05) is 71.6 Å². The number of nitrogens with one attached hydrogen (secondary N) is 10. The fraction of sp³-hybridized carbons (Fsp3) is 0.112. The van der Waals surface area contributed by atoms with Crippen LogP contribution >= 0.6 is 46.4 Å². The lowest BCUT2D eigenvalue weighted by atomic mass is 10.1. The van der Waals surface area contributed by atoms with Crippen LogP contribution in [0.1, 0.15) is 51.4 Å². The number of hydrogen-bond acceptors (Lipinski definition) is 27. The molecule has 0 aliphatic heterocycles. The summed E-state index contributed by atoms with van der Waals surface area (Å²) >= 11 is 24.6. The number of methoxy groups -OCH3 is 1. The topological polar surface area (TPSA) is 419 Å². The van der Waals surface area contributed by atoms with Crippen LogP contribution in [0.25, 0.3) is 111 Å². The molecule has 20 rings (SSSR count). The fourth-order valence-corrected chi connectivity index (χ4v) is 14.2. The number of fused-ring (bicyclic) bond motifs is 5. The summed E-state index contributed by atoms with van der Waals surface area (Å²) in [4.78, 5) is 69.6. The second-order valence-electron chi connectivity index (χ2n) is 29.0. The lowest BCUT2D eigenvalue weighted by molar-refractivity contribution is -0.137. The Balaban J connectivity index is 0.000000122. The quantitative estimate of drug-likeness (QED) is 0.0402. The molecule has 0 unspecified atom stereocenters. The van der Waals surface area contributed by atoms with Gasteiger partial charge in [-0.05, 0) is 156 Å². The van der Waals surface area contributed by atoms with Gasteiger partial charge in [-0.2, -0.15) is 64.4 Å². The molecule has 0 saturated carbocycles. The van der Waals surface area contributed by atoms with E-state index in [1.807, 2.05) is 81.4 Å². The van der Waals surface area contributed by atoms with Crippen molar-refractivity contribution >= 4 is 160 Å². The summed E-state index contributed by atoms with van der Waals surface area (Å²) < 4.78 is 127. The Morgan fingerprint density at radius 3 is 1.02 bits per heavy atom. The van der Waals surface area contributed by atoms with Crippen molar-refractivity contribution in [2.45, 2.75) is 60.1 Å². The molecular formula is C89H66Cl4F9N31O. The molecule has 0 atom stereocenters. The van der Waals surface area contributed by atoms with E-state index >= 15 is 0 Å². The van der Waals surface area contributed by atoms with Gasteiger partial charge in [-0.3, -0.25) is 30.5 Å². The molecule has 0 spiro atoms. The molecule has 0 radical (unpaired) electrons. The Morgan fingerprint density at radius 2 is 0.627 bits per heavy atom. The minimum absolute atomic E-state index is 0.0271. The van der Waals surface area contributed by atoms with E-state index in [0.717, 1.165) is 45.6 Å². The summed E-state index contributed by atoms with van der Waals surface area (Å²) in [7, 11) is 1.46. The van der Waals surface area contributed by atoms with Gasteiger partial charge in [-0.15, -0.1) is 25.5 Å². The summed E-state index contributed by atoms with van der Waals surface area (Å²) in [6.07, 6.45) is -10.3. The first-order valence-corrected chi connectivity index (χ1v) is 41.3. The zero-order valence-corrected chi connectivity index (χ0v) is 73.4. The standard InChI is InChI=1S/C19H15F3N6O.C19H15F3N6.C18H12ClF3N6.C17H12Cl2N6.C16H12ClN7/c1-10-23-18(28-27-10)26-17-12-7-5-9-14(29-2)15(12)24-16(25-17)11-6-3-4-8-13(11)19(20,21)22;1-10-7-8-13-15(9-10)24-16(12-5-3-4-6-14(12)19(20,21)22)25-17(13)26-18-23-11(2)27-28-18;1-9-23-17(28-27-9)26-16-12-7-6-10(19)8-14(12)24-15(25-16)11-4-2-3-5-13(11)18(20,21)22;1-9-20-17(25-24-9)23-16-12-4-2-3-5-14(12)21-15(22-16)11-7-6-10(18)8-13(11)19;1-9-19-16(24-23-9)22-14-10-4-2-3-5-13(10)20-15(21-14)11-8-18-7-6-12(11)17/h3-9H,1-2H3,(H2,23,24,25,26,27,28);3-9H,1-2H3,(H2,23,24,25,26,27,28);2-8H,1H3,(H2,23,24,25,26,27,28);2-8H,1H3,(H2,20,21,22,23,24,25);2-8H,1H3,(H2,19,20,21,22,23,24). The normalized spacial score (nSPS) is 11.4. The molecule has 134 heavy (non-hydrogen) atoms. The molecule has 0 fully saturated rings. The fourth-order valence-electron chi connectivity index (χ4n) is 13.4. The number of anilines is 10. The number of rotatable bonds is 16. The number of nitrogens with zero attached hydrogens (tertiary/aromatic N) is 21. The summed E-state index contributed by atoms with van der Waals surface area (Å²) in [5.41, 5.74) is 2.36. The molecule has 0 aliphatic carbocycles. The Kier molecular flexibility index (Phi) is 26.5. The van der Waals surface area contributed by atoms with Crippen molar-refractivity contribution in [3.8, 4) is 62.7 Å². The first-order valence-electron chi connectivity index (χ1n) is 39.8. The lowest BCUT2D eigenvalue weighted by Gasteiger charge is -2.14. The third-order valence-corrected chi connectivity index (χ3v) is 20.5. The van der Waals surface area contributed by atoms with E-state index < -0.39 is 35.2 Å². The van der Waals surface area contributed by atoms with E-state index in [-0.39, 0.29) is 63.6 Å². The van der Waals surface area contributed by atoms with Crippen molar-refractivity contribution in [3.63, 3.8) is 0 Å². The van der Waals surface area contributed by atoms with Crippen molar-refractivity contribution in [1.29, 1.82) is 0 Å². The van der Waals surface area contributed by atoms with E-state index in [0.29, 0.717) is 140 Å². The molecule has 11 aromatic heterocycles. The molecule has 0 bridgehead atoms. The van der Waals surface area contributed by atoms with E-state index in [2.05, 4.69) is 157 Å². The van der Waals surface area contributed by atoms with Crippen LogP contribution in [0.2, 0.25) is 20.1 Å². The maximum absolute atomic E-state index is 13.5. The number of aromatic amines is 5. The highest BCUT2D eigenvalue weighted by Crippen LogP contribution is 2.43. The predicted molar refractivity (Wildman–Crippen MR) is 491 cm³/mol. The zero-order chi connectivity index (χ0) is 94.3. The molecule has 0 amide bonds. The van der Waals surface area contributed by atoms with Gasteiger partial charge in [0.25, 0.3) is 0 Å². The van der Waals surface area contributed by atoms with Gasteiger partial charge in [0.15, 0.2) is 29.1 Å². The average molecular weight is 1900 g/mol. The highest BCUT2D eigenvalue weighted by molar-refractivity contribution is 6.36. The third kappa shape index (κ3) is 21.3. The number of alkyl halides is 9. The minimum Gasteiger partial charge on any atom is -0.494 e. The first-order chi connectivity index (χ1) is 64.3. The van der Waals surface area contributed by atoms with Crippen LogP contribution in [-0.4, -0.2) is 138 Å². The number of aryl methyl sites for hydroxylation is 6. The van der Waals surface area contributed by atoms with Gasteiger partial charge >= 0.3 is 18.5 Å². The predicted octanol–water partition coefficient (Wildman–Crippen LogP) is 22.7. The van der Waals surface area contributed by atoms with Crippen LogP contribution in [-0.2, 0) is 18.5 Å². The van der Waals surface area contributed by atoms with Crippen molar-refractivity contribution in [2.75, 3.05) is 33.7 Å². The second kappa shape index (κ2) is 38.9. The molecule has 10 N–H and O–H groups in total. The van der Waals surface area contributed by atoms with E-state index in [1.54, 1.807) is 99.9 Å². The van der Waals surface area contributed by atoms with Crippen LogP contribution in [0.4, 0.5) is 98.3 Å². The van der Waals surface area contributed by atoms with Gasteiger partial charge in [-0.25, -0.2) is 49.8 Å². The smallest absolute Gasteiger partial charge is 0.417 e. The van der Waals surface area contributed by atoms with Gasteiger partial charge in [-0.1, -0.05) is 137 Å². The lowest BCUT2D eigenvalue weighted by Crippen LogP contribution is -2.09. The van der Waals surface area contributed by atoms with Crippen LogP contribution in [0.5, 0.6) is 5.75 Å². The maximum atomic E-state index is 13.5. The van der Waals surface area contributed by atoms with Crippen molar-refractivity contribution in [1.82, 2.24) is 131 Å². The third-order valence-electron chi connectivity index (χ3n) is 19.4. The van der Waals surface area contributed by atoms with Crippen molar-refractivity contribution in [3.05, 3.63) is 284 Å². The molecule has 32 nitrogen and oxygen atoms in total. The van der Waals surface area contributed by atoms with E-state index in [9.17, 15) is 39.5 Å². The largest absolute Gasteiger partial charge is 0.494 e. The molecule has 0 aliphatic rings. The Hall–Kier alpha value is -16.1. The highest BCUT2D eigenvalue weighted by atomic mass is 35.5. The van der Waals surface area contributed by atoms with Crippen LogP contribution in [0.15, 0.2) is 213 Å². The minimum atomic E-state index is -4.55. The number of ether oxygens (including phenoxy) is 1. The van der Waals surface area contributed by atoms with Crippen molar-refractivity contribution < 1.29 is 44.3 Å². The van der Waals surface area contributed by atoms with Gasteiger partial charge in [0.05, 0.1) is 61.5 Å². The number of H-pyrrole nitrogens is 5. The first kappa shape index (κ1) is 91.2. The summed E-state index contributed by atoms with van der Waals surface area (Å²) in [5, 5.41) is 54.5. The average Bonchev–Trinajstić information content (AvgIpc) is 1.10. The molecule has 45 heteroatoms. The van der Waals surface area contributed by atoms with Crippen LogP contribution < -0.4 is 31.3 Å². The molecule has 11 heterocycles. The number of halogens is 13. The van der Waals surface area contributed by atoms with E-state index in [4.69, 9.17) is 51.1 Å². The Labute approximate surface area is 770 Å². The maximum Gasteiger partial charge on any atom is 0.417 e.